The highest BCUT2D eigenvalue weighted by atomic mass is 79.9. The third-order valence-corrected chi connectivity index (χ3v) is 4.40. The number of hydrogen-bond donors (Lipinski definition) is 1. The molecule has 0 aliphatic carbocycles. The van der Waals surface area contributed by atoms with Gasteiger partial charge in [-0.2, -0.15) is 0 Å². The number of nitrogens with one attached hydrogen (secondary N) is 1. The van der Waals surface area contributed by atoms with Crippen molar-refractivity contribution in [1.29, 1.82) is 0 Å². The summed E-state index contributed by atoms with van der Waals surface area (Å²) in [6.07, 6.45) is 2.44. The normalized spacial score (nSPS) is 23.2. The Bertz CT molecular complexity index is 458. The second-order valence-electron chi connectivity index (χ2n) is 5.53. The summed E-state index contributed by atoms with van der Waals surface area (Å²) in [4.78, 5) is 2.53. The highest BCUT2D eigenvalue weighted by Gasteiger charge is 2.23. The second kappa shape index (κ2) is 5.81. The van der Waals surface area contributed by atoms with Crippen molar-refractivity contribution >= 4 is 15.9 Å². The second-order valence-corrected chi connectivity index (χ2v) is 6.44. The van der Waals surface area contributed by atoms with E-state index in [1.165, 1.54) is 15.6 Å². The smallest absolute Gasteiger partial charge is 0.126 e. The lowest BCUT2D eigenvalue weighted by atomic mass is 10.0. The maximum Gasteiger partial charge on any atom is 0.126 e. The van der Waals surface area contributed by atoms with E-state index in [9.17, 15) is 0 Å². The molecule has 0 bridgehead atoms. The van der Waals surface area contributed by atoms with Gasteiger partial charge in [-0.25, -0.2) is 0 Å². The Hall–Kier alpha value is -0.580. The quantitative estimate of drug-likeness (QED) is 0.922. The zero-order chi connectivity index (χ0) is 13.2. The molecule has 3 rings (SSSR count). The molecule has 3 nitrogen and oxygen atoms in total. The summed E-state index contributed by atoms with van der Waals surface area (Å²) in [6, 6.07) is 4.42. The van der Waals surface area contributed by atoms with Gasteiger partial charge in [0.1, 0.15) is 11.9 Å². The van der Waals surface area contributed by atoms with E-state index in [2.05, 4.69) is 45.2 Å². The molecule has 19 heavy (non-hydrogen) atoms. The third-order valence-electron chi connectivity index (χ3n) is 3.94. The molecule has 1 aromatic carbocycles. The topological polar surface area (TPSA) is 24.5 Å². The minimum atomic E-state index is 0.322. The van der Waals surface area contributed by atoms with Crippen LogP contribution in [0.4, 0.5) is 0 Å². The van der Waals surface area contributed by atoms with E-state index in [1.54, 1.807) is 0 Å². The molecule has 1 unspecified atom stereocenters. The number of rotatable bonds is 3. The number of benzene rings is 1. The van der Waals surface area contributed by atoms with Crippen LogP contribution in [0, 0.1) is 0 Å². The minimum Gasteiger partial charge on any atom is -0.490 e. The number of fused-ring (bicyclic) bond motifs is 1. The Morgan fingerprint density at radius 3 is 2.95 bits per heavy atom. The molecule has 1 aromatic rings. The molecule has 0 radical (unpaired) electrons. The van der Waals surface area contributed by atoms with Crippen LogP contribution in [0.5, 0.6) is 5.75 Å². The predicted octanol–water partition coefficient (Wildman–Crippen LogP) is 2.22. The molecule has 4 heteroatoms. The Balaban J connectivity index is 1.70. The van der Waals surface area contributed by atoms with Crippen molar-refractivity contribution in [3.8, 4) is 5.75 Å². The van der Waals surface area contributed by atoms with Gasteiger partial charge in [-0.05, 0) is 36.6 Å². The monoisotopic (exact) mass is 324 g/mol. The van der Waals surface area contributed by atoms with Crippen LogP contribution in [0.25, 0.3) is 0 Å². The molecular weight excluding hydrogens is 304 g/mol. The fourth-order valence-corrected chi connectivity index (χ4v) is 3.52. The highest BCUT2D eigenvalue weighted by Crippen LogP contribution is 2.35. The predicted molar refractivity (Wildman–Crippen MR) is 80.9 cm³/mol. The SMILES string of the molecule is CC1Cc2cc(Br)cc(CCN3CCNCC3)c2O1. The van der Waals surface area contributed by atoms with Crippen LogP contribution in [0.1, 0.15) is 18.1 Å². The van der Waals surface area contributed by atoms with Crippen LogP contribution in [0.15, 0.2) is 16.6 Å². The lowest BCUT2D eigenvalue weighted by Crippen LogP contribution is -2.44. The van der Waals surface area contributed by atoms with Crippen molar-refractivity contribution < 1.29 is 4.74 Å². The standard InChI is InChI=1S/C15H21BrN2O/c1-11-8-13-10-14(16)9-12(15(13)19-11)2-5-18-6-3-17-4-7-18/h9-11,17H,2-8H2,1H3. The van der Waals surface area contributed by atoms with Gasteiger partial charge in [0.15, 0.2) is 0 Å². The minimum absolute atomic E-state index is 0.322. The molecule has 0 amide bonds. The van der Waals surface area contributed by atoms with Crippen molar-refractivity contribution in [3.63, 3.8) is 0 Å². The van der Waals surface area contributed by atoms with E-state index in [4.69, 9.17) is 4.74 Å². The molecule has 1 fully saturated rings. The molecule has 1 saturated heterocycles. The Kier molecular flexibility index (Phi) is 4.10. The van der Waals surface area contributed by atoms with Gasteiger partial charge in [0, 0.05) is 43.6 Å². The molecule has 2 aliphatic heterocycles. The van der Waals surface area contributed by atoms with E-state index >= 15 is 0 Å². The summed E-state index contributed by atoms with van der Waals surface area (Å²) in [5, 5.41) is 3.40. The van der Waals surface area contributed by atoms with Crippen LogP contribution < -0.4 is 10.1 Å². The molecule has 0 spiro atoms. The first-order chi connectivity index (χ1) is 9.22. The first kappa shape index (κ1) is 13.4. The molecule has 0 aromatic heterocycles. The van der Waals surface area contributed by atoms with Crippen LogP contribution in [-0.2, 0) is 12.8 Å². The maximum absolute atomic E-state index is 5.98. The lowest BCUT2D eigenvalue weighted by Gasteiger charge is -2.27. The first-order valence-electron chi connectivity index (χ1n) is 7.13. The molecule has 2 heterocycles. The van der Waals surface area contributed by atoms with E-state index in [-0.39, 0.29) is 0 Å². The molecule has 0 saturated carbocycles. The van der Waals surface area contributed by atoms with Crippen LogP contribution in [0.2, 0.25) is 0 Å². The van der Waals surface area contributed by atoms with Gasteiger partial charge in [-0.1, -0.05) is 15.9 Å². The van der Waals surface area contributed by atoms with Crippen molar-refractivity contribution in [1.82, 2.24) is 10.2 Å². The lowest BCUT2D eigenvalue weighted by molar-refractivity contribution is 0.237. The van der Waals surface area contributed by atoms with Gasteiger partial charge in [0.2, 0.25) is 0 Å². The molecule has 1 N–H and O–H groups in total. The van der Waals surface area contributed by atoms with Crippen LogP contribution in [0.3, 0.4) is 0 Å². The summed E-state index contributed by atoms with van der Waals surface area (Å²) < 4.78 is 7.16. The Morgan fingerprint density at radius 1 is 1.37 bits per heavy atom. The van der Waals surface area contributed by atoms with Crippen molar-refractivity contribution in [2.24, 2.45) is 0 Å². The Labute approximate surface area is 123 Å². The van der Waals surface area contributed by atoms with Gasteiger partial charge in [-0.3, -0.25) is 0 Å². The van der Waals surface area contributed by atoms with Crippen molar-refractivity contribution in [2.45, 2.75) is 25.9 Å². The van der Waals surface area contributed by atoms with Gasteiger partial charge in [0.05, 0.1) is 0 Å². The average molecular weight is 325 g/mol. The van der Waals surface area contributed by atoms with Crippen molar-refractivity contribution in [3.05, 3.63) is 27.7 Å². The number of nitrogens with zero attached hydrogens (tertiary/aromatic N) is 1. The van der Waals surface area contributed by atoms with Gasteiger partial charge in [0.25, 0.3) is 0 Å². The number of ether oxygens (including phenoxy) is 1. The number of halogens is 1. The molecule has 2 aliphatic rings. The largest absolute Gasteiger partial charge is 0.490 e. The van der Waals surface area contributed by atoms with Crippen LogP contribution in [-0.4, -0.2) is 43.7 Å². The fraction of sp³-hybridized carbons (Fsp3) is 0.600. The average Bonchev–Trinajstić information content (AvgIpc) is 2.77. The number of hydrogen-bond acceptors (Lipinski definition) is 3. The maximum atomic E-state index is 5.98. The summed E-state index contributed by atoms with van der Waals surface area (Å²) in [5.74, 6) is 1.14. The molecule has 104 valence electrons. The van der Waals surface area contributed by atoms with E-state index in [1.807, 2.05) is 0 Å². The van der Waals surface area contributed by atoms with Crippen LogP contribution >= 0.6 is 15.9 Å². The fourth-order valence-electron chi connectivity index (χ4n) is 2.97. The molecular formula is C15H21BrN2O. The summed E-state index contributed by atoms with van der Waals surface area (Å²) in [5.41, 5.74) is 2.71. The number of piperazine rings is 1. The third kappa shape index (κ3) is 3.12. The van der Waals surface area contributed by atoms with Crippen molar-refractivity contribution in [2.75, 3.05) is 32.7 Å². The van der Waals surface area contributed by atoms with E-state index in [0.29, 0.717) is 6.10 Å². The summed E-state index contributed by atoms with van der Waals surface area (Å²) in [6.45, 7) is 7.82. The first-order valence-corrected chi connectivity index (χ1v) is 7.93. The van der Waals surface area contributed by atoms with E-state index in [0.717, 1.165) is 51.3 Å². The van der Waals surface area contributed by atoms with Gasteiger partial charge < -0.3 is 15.0 Å². The zero-order valence-corrected chi connectivity index (χ0v) is 13.0. The summed E-state index contributed by atoms with van der Waals surface area (Å²) in [7, 11) is 0. The Morgan fingerprint density at radius 2 is 2.16 bits per heavy atom. The molecule has 1 atom stereocenters. The summed E-state index contributed by atoms with van der Waals surface area (Å²) >= 11 is 3.62. The van der Waals surface area contributed by atoms with E-state index < -0.39 is 0 Å². The zero-order valence-electron chi connectivity index (χ0n) is 11.4. The van der Waals surface area contributed by atoms with Gasteiger partial charge >= 0.3 is 0 Å². The van der Waals surface area contributed by atoms with Gasteiger partial charge in [-0.15, -0.1) is 0 Å². The highest BCUT2D eigenvalue weighted by molar-refractivity contribution is 9.10.